The molecule has 0 radical (unpaired) electrons. The quantitative estimate of drug-likeness (QED) is 0.396. The summed E-state index contributed by atoms with van der Waals surface area (Å²) < 4.78 is 0. The van der Waals surface area contributed by atoms with Crippen LogP contribution in [0.3, 0.4) is 0 Å². The number of carbonyl (C=O) groups excluding carboxylic acids is 2. The van der Waals surface area contributed by atoms with Crippen LogP contribution in [0.5, 0.6) is 0 Å². The largest absolute Gasteiger partial charge is 0.376 e. The van der Waals surface area contributed by atoms with E-state index in [-0.39, 0.29) is 18.4 Å². The number of nitrogens with zero attached hydrogens (tertiary/aromatic N) is 1. The van der Waals surface area contributed by atoms with Gasteiger partial charge in [0.2, 0.25) is 5.91 Å². The van der Waals surface area contributed by atoms with E-state index >= 15 is 0 Å². The van der Waals surface area contributed by atoms with Gasteiger partial charge in [0.05, 0.1) is 6.54 Å². The fourth-order valence-corrected chi connectivity index (χ4v) is 3.54. The Kier molecular flexibility index (Phi) is 9.59. The highest BCUT2D eigenvalue weighted by molar-refractivity contribution is 7.15. The Morgan fingerprint density at radius 3 is 2.55 bits per heavy atom. The second-order valence-electron chi connectivity index (χ2n) is 7.02. The summed E-state index contributed by atoms with van der Waals surface area (Å²) in [5.74, 6) is -0.224. The number of nitrogens with one attached hydrogen (secondary N) is 3. The van der Waals surface area contributed by atoms with Crippen molar-refractivity contribution < 1.29 is 9.59 Å². The van der Waals surface area contributed by atoms with Crippen molar-refractivity contribution in [3.05, 3.63) is 40.4 Å². The average Bonchev–Trinajstić information content (AvgIpc) is 3.10. The van der Waals surface area contributed by atoms with Crippen molar-refractivity contribution in [2.24, 2.45) is 5.73 Å². The maximum atomic E-state index is 12.4. The molecule has 0 aliphatic heterocycles. The van der Waals surface area contributed by atoms with Gasteiger partial charge in [-0.25, -0.2) is 4.98 Å². The molecule has 0 aliphatic carbocycles. The molecule has 158 valence electrons. The summed E-state index contributed by atoms with van der Waals surface area (Å²) in [5, 5.41) is 9.43. The van der Waals surface area contributed by atoms with E-state index in [1.165, 1.54) is 11.3 Å². The normalized spacial score (nSPS) is 10.6. The molecule has 0 aliphatic rings. The molecule has 8 heteroatoms. The number of rotatable bonds is 12. The first-order valence-electron chi connectivity index (χ1n) is 10.0. The second kappa shape index (κ2) is 12.2. The zero-order chi connectivity index (χ0) is 21.1. The SMILES string of the molecule is Cc1cnc(NC(=O)c2ccc(NCC(=O)NCCCCCCCN)cc2C)s1. The summed E-state index contributed by atoms with van der Waals surface area (Å²) >= 11 is 1.44. The summed E-state index contributed by atoms with van der Waals surface area (Å²) in [5.41, 5.74) is 7.69. The Morgan fingerprint density at radius 1 is 1.10 bits per heavy atom. The number of thiazole rings is 1. The predicted octanol–water partition coefficient (Wildman–Crippen LogP) is 3.45. The van der Waals surface area contributed by atoms with Crippen molar-refractivity contribution in [3.63, 3.8) is 0 Å². The summed E-state index contributed by atoms with van der Waals surface area (Å²) in [6.45, 7) is 5.46. The molecule has 0 atom stereocenters. The molecule has 2 aromatic rings. The zero-order valence-corrected chi connectivity index (χ0v) is 18.0. The van der Waals surface area contributed by atoms with Gasteiger partial charge >= 0.3 is 0 Å². The predicted molar refractivity (Wildman–Crippen MR) is 120 cm³/mol. The van der Waals surface area contributed by atoms with Crippen LogP contribution >= 0.6 is 11.3 Å². The lowest BCUT2D eigenvalue weighted by atomic mass is 10.1. The number of unbranched alkanes of at least 4 members (excludes halogenated alkanes) is 4. The smallest absolute Gasteiger partial charge is 0.257 e. The Morgan fingerprint density at radius 2 is 1.86 bits per heavy atom. The lowest BCUT2D eigenvalue weighted by Crippen LogP contribution is -2.30. The average molecular weight is 418 g/mol. The number of anilines is 2. The van der Waals surface area contributed by atoms with Gasteiger partial charge < -0.3 is 16.4 Å². The van der Waals surface area contributed by atoms with Crippen LogP contribution in [0.1, 0.15) is 52.9 Å². The molecule has 2 amide bonds. The molecule has 1 aromatic heterocycles. The maximum Gasteiger partial charge on any atom is 0.257 e. The molecule has 0 saturated carbocycles. The summed E-state index contributed by atoms with van der Waals surface area (Å²) in [6.07, 6.45) is 7.21. The molecular weight excluding hydrogens is 386 g/mol. The molecular formula is C21H31N5O2S. The van der Waals surface area contributed by atoms with E-state index in [1.807, 2.05) is 19.9 Å². The van der Waals surface area contributed by atoms with Crippen molar-refractivity contribution in [3.8, 4) is 0 Å². The fourth-order valence-electron chi connectivity index (χ4n) is 2.88. The van der Waals surface area contributed by atoms with E-state index < -0.39 is 0 Å². The topological polar surface area (TPSA) is 109 Å². The van der Waals surface area contributed by atoms with Gasteiger partial charge in [-0.3, -0.25) is 14.9 Å². The summed E-state index contributed by atoms with van der Waals surface area (Å²) in [7, 11) is 0. The lowest BCUT2D eigenvalue weighted by Gasteiger charge is -2.11. The third-order valence-electron chi connectivity index (χ3n) is 4.47. The van der Waals surface area contributed by atoms with E-state index in [9.17, 15) is 9.59 Å². The van der Waals surface area contributed by atoms with Crippen molar-refractivity contribution in [1.82, 2.24) is 10.3 Å². The monoisotopic (exact) mass is 417 g/mol. The maximum absolute atomic E-state index is 12.4. The van der Waals surface area contributed by atoms with Gasteiger partial charge in [-0.2, -0.15) is 0 Å². The molecule has 0 unspecified atom stereocenters. The number of carbonyl (C=O) groups is 2. The van der Waals surface area contributed by atoms with Crippen molar-refractivity contribution in [2.45, 2.75) is 46.0 Å². The fraction of sp³-hybridized carbons (Fsp3) is 0.476. The van der Waals surface area contributed by atoms with E-state index in [2.05, 4.69) is 20.9 Å². The van der Waals surface area contributed by atoms with E-state index in [4.69, 9.17) is 5.73 Å². The molecule has 0 saturated heterocycles. The molecule has 0 spiro atoms. The third kappa shape index (κ3) is 8.21. The van der Waals surface area contributed by atoms with Crippen LogP contribution in [-0.4, -0.2) is 36.4 Å². The number of benzene rings is 1. The first-order valence-corrected chi connectivity index (χ1v) is 10.9. The van der Waals surface area contributed by atoms with Gasteiger partial charge in [0, 0.05) is 28.9 Å². The Labute approximate surface area is 176 Å². The van der Waals surface area contributed by atoms with Gasteiger partial charge in [0.15, 0.2) is 5.13 Å². The number of aromatic nitrogens is 1. The van der Waals surface area contributed by atoms with Crippen molar-refractivity contribution in [2.75, 3.05) is 30.3 Å². The molecule has 1 heterocycles. The van der Waals surface area contributed by atoms with Crippen LogP contribution in [-0.2, 0) is 4.79 Å². The molecule has 7 nitrogen and oxygen atoms in total. The zero-order valence-electron chi connectivity index (χ0n) is 17.2. The lowest BCUT2D eigenvalue weighted by molar-refractivity contribution is -0.119. The molecule has 0 fully saturated rings. The number of hydrogen-bond acceptors (Lipinski definition) is 6. The molecule has 29 heavy (non-hydrogen) atoms. The van der Waals surface area contributed by atoms with Crippen LogP contribution in [0.4, 0.5) is 10.8 Å². The first-order chi connectivity index (χ1) is 14.0. The minimum Gasteiger partial charge on any atom is -0.376 e. The van der Waals surface area contributed by atoms with Gasteiger partial charge in [-0.05, 0) is 57.0 Å². The van der Waals surface area contributed by atoms with Crippen LogP contribution in [0.15, 0.2) is 24.4 Å². The minimum atomic E-state index is -0.187. The number of aryl methyl sites for hydroxylation is 2. The van der Waals surface area contributed by atoms with Crippen LogP contribution < -0.4 is 21.7 Å². The summed E-state index contributed by atoms with van der Waals surface area (Å²) in [4.78, 5) is 29.6. The number of amides is 2. The highest BCUT2D eigenvalue weighted by Gasteiger charge is 2.12. The third-order valence-corrected chi connectivity index (χ3v) is 5.30. The molecule has 5 N–H and O–H groups in total. The van der Waals surface area contributed by atoms with Gasteiger partial charge in [-0.15, -0.1) is 11.3 Å². The van der Waals surface area contributed by atoms with Crippen LogP contribution in [0.25, 0.3) is 0 Å². The van der Waals surface area contributed by atoms with Gasteiger partial charge in [0.1, 0.15) is 0 Å². The summed E-state index contributed by atoms with van der Waals surface area (Å²) in [6, 6.07) is 5.43. The standard InChI is InChI=1S/C21H31N5O2S/c1-15-12-17(24-14-19(27)23-11-7-5-3-4-6-10-22)8-9-18(15)20(28)26-21-25-13-16(2)29-21/h8-9,12-13,24H,3-7,10-11,14,22H2,1-2H3,(H,23,27)(H,25,26,28). The Balaban J connectivity index is 1.72. The van der Waals surface area contributed by atoms with Crippen LogP contribution in [0.2, 0.25) is 0 Å². The van der Waals surface area contributed by atoms with Crippen molar-refractivity contribution >= 4 is 34.0 Å². The highest BCUT2D eigenvalue weighted by atomic mass is 32.1. The molecule has 2 rings (SSSR count). The van der Waals surface area contributed by atoms with E-state index in [0.717, 1.165) is 54.8 Å². The first kappa shape index (κ1) is 22.8. The van der Waals surface area contributed by atoms with Crippen LogP contribution in [0, 0.1) is 13.8 Å². The number of nitrogens with two attached hydrogens (primary N) is 1. The Bertz CT molecular complexity index is 806. The minimum absolute atomic E-state index is 0.0365. The van der Waals surface area contributed by atoms with Gasteiger partial charge in [0.25, 0.3) is 5.91 Å². The second-order valence-corrected chi connectivity index (χ2v) is 8.25. The highest BCUT2D eigenvalue weighted by Crippen LogP contribution is 2.20. The molecule has 0 bridgehead atoms. The number of hydrogen-bond donors (Lipinski definition) is 4. The van der Waals surface area contributed by atoms with Gasteiger partial charge in [-0.1, -0.05) is 19.3 Å². The molecule has 1 aromatic carbocycles. The Hall–Kier alpha value is -2.45. The van der Waals surface area contributed by atoms with Crippen molar-refractivity contribution in [1.29, 1.82) is 0 Å². The van der Waals surface area contributed by atoms with E-state index in [0.29, 0.717) is 17.2 Å². The van der Waals surface area contributed by atoms with E-state index in [1.54, 1.807) is 18.3 Å².